The number of nitrogens with zero attached hydrogens (tertiary/aromatic N) is 5. The van der Waals surface area contributed by atoms with Gasteiger partial charge in [-0.3, -0.25) is 14.9 Å². The molecule has 4 heterocycles. The third-order valence-corrected chi connectivity index (χ3v) is 5.37. The van der Waals surface area contributed by atoms with Gasteiger partial charge in [0.1, 0.15) is 5.82 Å². The van der Waals surface area contributed by atoms with Gasteiger partial charge in [0.25, 0.3) is 0 Å². The summed E-state index contributed by atoms with van der Waals surface area (Å²) in [5.74, 6) is 1.54. The normalized spacial score (nSPS) is 16.1. The lowest BCUT2D eigenvalue weighted by Crippen LogP contribution is -2.33. The van der Waals surface area contributed by atoms with Gasteiger partial charge in [0.15, 0.2) is 0 Å². The van der Waals surface area contributed by atoms with Gasteiger partial charge in [-0.1, -0.05) is 12.1 Å². The summed E-state index contributed by atoms with van der Waals surface area (Å²) in [7, 11) is 2.04. The smallest absolute Gasteiger partial charge is 0.105 e. The fourth-order valence-electron chi connectivity index (χ4n) is 3.67. The summed E-state index contributed by atoms with van der Waals surface area (Å²) < 4.78 is 2.10. The highest BCUT2D eigenvalue weighted by atomic mass is 15.1. The number of likely N-dealkylation sites (tertiary alicyclic amines) is 1. The zero-order valence-corrected chi connectivity index (χ0v) is 15.5. The average molecular weight is 347 g/mol. The minimum Gasteiger partial charge on any atom is -0.330 e. The van der Waals surface area contributed by atoms with Crippen molar-refractivity contribution in [2.45, 2.75) is 32.2 Å². The Morgan fingerprint density at radius 2 is 1.88 bits per heavy atom. The Balaban J connectivity index is 1.43. The summed E-state index contributed by atoms with van der Waals surface area (Å²) in [6.07, 6.45) is 6.08. The number of rotatable bonds is 4. The molecule has 1 aliphatic heterocycles. The van der Waals surface area contributed by atoms with Gasteiger partial charge in [0.05, 0.1) is 23.3 Å². The lowest BCUT2D eigenvalue weighted by atomic mass is 9.92. The van der Waals surface area contributed by atoms with Crippen molar-refractivity contribution in [1.82, 2.24) is 24.4 Å². The van der Waals surface area contributed by atoms with E-state index in [1.807, 2.05) is 32.4 Å². The number of hydrogen-bond acceptors (Lipinski definition) is 4. The average Bonchev–Trinajstić information content (AvgIpc) is 3.02. The van der Waals surface area contributed by atoms with Gasteiger partial charge in [-0.25, -0.2) is 4.98 Å². The molecule has 4 rings (SSSR count). The van der Waals surface area contributed by atoms with E-state index in [0.29, 0.717) is 5.92 Å². The molecule has 0 saturated carbocycles. The van der Waals surface area contributed by atoms with Crippen molar-refractivity contribution in [3.63, 3.8) is 0 Å². The molecule has 0 unspecified atom stereocenters. The topological polar surface area (TPSA) is 46.8 Å². The van der Waals surface area contributed by atoms with Crippen LogP contribution in [0.4, 0.5) is 0 Å². The molecule has 0 amide bonds. The highest BCUT2D eigenvalue weighted by Crippen LogP contribution is 2.29. The van der Waals surface area contributed by atoms with Gasteiger partial charge in [0, 0.05) is 31.4 Å². The minimum absolute atomic E-state index is 0.532. The molecule has 3 aromatic heterocycles. The molecule has 0 aromatic carbocycles. The van der Waals surface area contributed by atoms with E-state index in [0.717, 1.165) is 55.4 Å². The van der Waals surface area contributed by atoms with Crippen LogP contribution in [-0.2, 0) is 13.6 Å². The third kappa shape index (κ3) is 3.53. The minimum atomic E-state index is 0.532. The Morgan fingerprint density at radius 1 is 1.04 bits per heavy atom. The molecular weight excluding hydrogens is 322 g/mol. The summed E-state index contributed by atoms with van der Waals surface area (Å²) in [5, 5.41) is 0. The van der Waals surface area contributed by atoms with Gasteiger partial charge in [-0.2, -0.15) is 0 Å². The van der Waals surface area contributed by atoms with E-state index >= 15 is 0 Å². The number of hydrogen-bond donors (Lipinski definition) is 0. The Bertz CT molecular complexity index is 863. The predicted octanol–water partition coefficient (Wildman–Crippen LogP) is 3.57. The zero-order chi connectivity index (χ0) is 17.9. The van der Waals surface area contributed by atoms with Crippen LogP contribution in [-0.4, -0.2) is 37.5 Å². The van der Waals surface area contributed by atoms with Crippen molar-refractivity contribution < 1.29 is 0 Å². The molecule has 26 heavy (non-hydrogen) atoms. The molecule has 1 saturated heterocycles. The molecule has 0 N–H and O–H groups in total. The van der Waals surface area contributed by atoms with Crippen molar-refractivity contribution >= 4 is 0 Å². The molecule has 1 fully saturated rings. The fourth-order valence-corrected chi connectivity index (χ4v) is 3.67. The zero-order valence-electron chi connectivity index (χ0n) is 15.5. The predicted molar refractivity (Wildman–Crippen MR) is 103 cm³/mol. The molecule has 5 heteroatoms. The summed E-state index contributed by atoms with van der Waals surface area (Å²) in [4.78, 5) is 16.3. The largest absolute Gasteiger partial charge is 0.330 e. The number of aryl methyl sites for hydroxylation is 1. The van der Waals surface area contributed by atoms with Crippen LogP contribution in [0.25, 0.3) is 11.4 Å². The molecular formula is C21H25N5. The van der Waals surface area contributed by atoms with Crippen LogP contribution in [0.15, 0.2) is 48.8 Å². The van der Waals surface area contributed by atoms with Crippen LogP contribution in [0.1, 0.15) is 36.0 Å². The quantitative estimate of drug-likeness (QED) is 0.724. The van der Waals surface area contributed by atoms with Crippen LogP contribution in [0, 0.1) is 6.92 Å². The van der Waals surface area contributed by atoms with Crippen LogP contribution in [0.5, 0.6) is 0 Å². The second kappa shape index (κ2) is 7.38. The second-order valence-corrected chi connectivity index (χ2v) is 7.07. The van der Waals surface area contributed by atoms with Crippen molar-refractivity contribution in [1.29, 1.82) is 0 Å². The Labute approximate surface area is 154 Å². The van der Waals surface area contributed by atoms with E-state index in [2.05, 4.69) is 49.8 Å². The summed E-state index contributed by atoms with van der Waals surface area (Å²) in [6.45, 7) is 5.15. The molecule has 0 aliphatic carbocycles. The molecule has 134 valence electrons. The van der Waals surface area contributed by atoms with Crippen molar-refractivity contribution in [3.05, 3.63) is 66.0 Å². The van der Waals surface area contributed by atoms with Crippen LogP contribution < -0.4 is 0 Å². The number of pyridine rings is 2. The van der Waals surface area contributed by atoms with Crippen molar-refractivity contribution in [3.8, 4) is 11.4 Å². The Morgan fingerprint density at radius 3 is 2.58 bits per heavy atom. The third-order valence-electron chi connectivity index (χ3n) is 5.37. The maximum absolute atomic E-state index is 4.96. The van der Waals surface area contributed by atoms with Crippen molar-refractivity contribution in [2.75, 3.05) is 13.1 Å². The maximum atomic E-state index is 4.96. The van der Waals surface area contributed by atoms with E-state index in [4.69, 9.17) is 4.98 Å². The highest BCUT2D eigenvalue weighted by Gasteiger charge is 2.22. The fraction of sp³-hybridized carbons (Fsp3) is 0.381. The van der Waals surface area contributed by atoms with Gasteiger partial charge >= 0.3 is 0 Å². The molecule has 3 aromatic rings. The first-order valence-electron chi connectivity index (χ1n) is 9.28. The second-order valence-electron chi connectivity index (χ2n) is 7.07. The van der Waals surface area contributed by atoms with Crippen molar-refractivity contribution in [2.24, 2.45) is 7.05 Å². The van der Waals surface area contributed by atoms with E-state index in [9.17, 15) is 0 Å². The summed E-state index contributed by atoms with van der Waals surface area (Å²) in [6, 6.07) is 12.5. The van der Waals surface area contributed by atoms with Gasteiger partial charge in [-0.05, 0) is 57.1 Å². The molecule has 0 radical (unpaired) electrons. The number of aromatic nitrogens is 4. The van der Waals surface area contributed by atoms with E-state index in [-0.39, 0.29) is 0 Å². The van der Waals surface area contributed by atoms with E-state index in [1.54, 1.807) is 0 Å². The van der Waals surface area contributed by atoms with Gasteiger partial charge in [-0.15, -0.1) is 0 Å². The summed E-state index contributed by atoms with van der Waals surface area (Å²) in [5.41, 5.74) is 4.45. The molecule has 0 atom stereocenters. The van der Waals surface area contributed by atoms with E-state index < -0.39 is 0 Å². The lowest BCUT2D eigenvalue weighted by molar-refractivity contribution is 0.201. The standard InChI is InChI=1S/C21H25N5/c1-16-23-14-21(25(16)2)20-8-5-7-19(24-20)17-9-12-26(13-10-17)15-18-6-3-4-11-22-18/h3-8,11,14,17H,9-10,12-13,15H2,1-2H3. The van der Waals surface area contributed by atoms with E-state index in [1.165, 1.54) is 5.69 Å². The molecule has 0 bridgehead atoms. The Kier molecular flexibility index (Phi) is 4.80. The maximum Gasteiger partial charge on any atom is 0.105 e. The monoisotopic (exact) mass is 347 g/mol. The first kappa shape index (κ1) is 16.9. The number of piperidine rings is 1. The number of imidazole rings is 1. The molecule has 1 aliphatic rings. The lowest BCUT2D eigenvalue weighted by Gasteiger charge is -2.31. The molecule has 0 spiro atoms. The summed E-state index contributed by atoms with van der Waals surface area (Å²) >= 11 is 0. The Hall–Kier alpha value is -2.53. The SMILES string of the molecule is Cc1ncc(-c2cccc(C3CCN(Cc4ccccn4)CC3)n2)n1C. The highest BCUT2D eigenvalue weighted by molar-refractivity contribution is 5.54. The van der Waals surface area contributed by atoms with Crippen LogP contribution >= 0.6 is 0 Å². The first-order valence-corrected chi connectivity index (χ1v) is 9.28. The van der Waals surface area contributed by atoms with Gasteiger partial charge < -0.3 is 4.57 Å². The molecule has 5 nitrogen and oxygen atoms in total. The first-order chi connectivity index (χ1) is 12.7. The van der Waals surface area contributed by atoms with Crippen LogP contribution in [0.2, 0.25) is 0 Å². The van der Waals surface area contributed by atoms with Gasteiger partial charge in [0.2, 0.25) is 0 Å². The van der Waals surface area contributed by atoms with Crippen LogP contribution in [0.3, 0.4) is 0 Å².